The Morgan fingerprint density at radius 2 is 1.25 bits per heavy atom. The summed E-state index contributed by atoms with van der Waals surface area (Å²) in [5.41, 5.74) is 9.98. The second-order valence-corrected chi connectivity index (χ2v) is 9.57. The van der Waals surface area contributed by atoms with E-state index >= 15 is 0 Å². The molecule has 0 bridgehead atoms. The van der Waals surface area contributed by atoms with Gasteiger partial charge in [-0.3, -0.25) is 0 Å². The summed E-state index contributed by atoms with van der Waals surface area (Å²) in [7, 11) is 0. The van der Waals surface area contributed by atoms with E-state index in [4.69, 9.17) is 11.6 Å². The van der Waals surface area contributed by atoms with Crippen LogP contribution in [0.15, 0.2) is 103 Å². The van der Waals surface area contributed by atoms with Crippen LogP contribution in [0.3, 0.4) is 0 Å². The molecule has 0 amide bonds. The first-order valence-corrected chi connectivity index (χ1v) is 11.4. The molecule has 0 atom stereocenters. The molecule has 1 heteroatoms. The van der Waals surface area contributed by atoms with Gasteiger partial charge in [0, 0.05) is 16.0 Å². The predicted octanol–water partition coefficient (Wildman–Crippen LogP) is 9.13. The van der Waals surface area contributed by atoms with Gasteiger partial charge in [-0.15, -0.1) is 0 Å². The highest BCUT2D eigenvalue weighted by molar-refractivity contribution is 6.33. The molecule has 0 saturated heterocycles. The van der Waals surface area contributed by atoms with Gasteiger partial charge in [0.15, 0.2) is 0 Å². The molecule has 0 fully saturated rings. The van der Waals surface area contributed by atoms with Gasteiger partial charge in [-0.1, -0.05) is 104 Å². The Kier molecular flexibility index (Phi) is 4.28. The number of benzene rings is 5. The maximum Gasteiger partial charge on any atom is 0.0485 e. The number of hydrogen-bond acceptors (Lipinski definition) is 0. The van der Waals surface area contributed by atoms with Crippen LogP contribution in [0.25, 0.3) is 44.2 Å². The summed E-state index contributed by atoms with van der Waals surface area (Å²) in [6.45, 7) is 4.66. The SMILES string of the molecule is CC1(C)c2cc3ccccc3cc2-c2c(-c3cc(-c4ccccc4)ccc3Cl)cccc21. The van der Waals surface area contributed by atoms with E-state index < -0.39 is 0 Å². The van der Waals surface area contributed by atoms with Crippen LogP contribution >= 0.6 is 11.6 Å². The van der Waals surface area contributed by atoms with Crippen molar-refractivity contribution in [1.82, 2.24) is 0 Å². The third kappa shape index (κ3) is 2.83. The van der Waals surface area contributed by atoms with Crippen molar-refractivity contribution < 1.29 is 0 Å². The van der Waals surface area contributed by atoms with Gasteiger partial charge in [0.1, 0.15) is 0 Å². The molecule has 32 heavy (non-hydrogen) atoms. The first kappa shape index (κ1) is 19.3. The van der Waals surface area contributed by atoms with Gasteiger partial charge >= 0.3 is 0 Å². The highest BCUT2D eigenvalue weighted by atomic mass is 35.5. The van der Waals surface area contributed by atoms with Crippen LogP contribution < -0.4 is 0 Å². The van der Waals surface area contributed by atoms with E-state index in [1.54, 1.807) is 0 Å². The predicted molar refractivity (Wildman–Crippen MR) is 137 cm³/mol. The van der Waals surface area contributed by atoms with E-state index in [0.29, 0.717) is 0 Å². The van der Waals surface area contributed by atoms with Crippen molar-refractivity contribution in [3.8, 4) is 33.4 Å². The van der Waals surface area contributed by atoms with Crippen molar-refractivity contribution in [2.24, 2.45) is 0 Å². The van der Waals surface area contributed by atoms with E-state index in [0.717, 1.165) is 10.6 Å². The molecule has 5 aromatic carbocycles. The van der Waals surface area contributed by atoms with Gasteiger partial charge < -0.3 is 0 Å². The second kappa shape index (κ2) is 7.08. The summed E-state index contributed by atoms with van der Waals surface area (Å²) in [5.74, 6) is 0. The van der Waals surface area contributed by atoms with Gasteiger partial charge in [0.05, 0.1) is 0 Å². The Morgan fingerprint density at radius 3 is 2.03 bits per heavy atom. The lowest BCUT2D eigenvalue weighted by Crippen LogP contribution is -2.14. The fraction of sp³-hybridized carbons (Fsp3) is 0.0968. The van der Waals surface area contributed by atoms with Crippen molar-refractivity contribution in [2.75, 3.05) is 0 Å². The van der Waals surface area contributed by atoms with Crippen molar-refractivity contribution in [3.63, 3.8) is 0 Å². The molecule has 0 spiro atoms. The Morgan fingerprint density at radius 1 is 0.531 bits per heavy atom. The Balaban J connectivity index is 1.64. The van der Waals surface area contributed by atoms with E-state index in [2.05, 4.69) is 105 Å². The van der Waals surface area contributed by atoms with Gasteiger partial charge in [0.2, 0.25) is 0 Å². The number of rotatable bonds is 2. The summed E-state index contributed by atoms with van der Waals surface area (Å²) in [6, 6.07) is 36.9. The highest BCUT2D eigenvalue weighted by Crippen LogP contribution is 2.53. The lowest BCUT2D eigenvalue weighted by atomic mass is 9.81. The van der Waals surface area contributed by atoms with Crippen LogP contribution in [-0.2, 0) is 5.41 Å². The molecule has 0 unspecified atom stereocenters. The normalized spacial score (nSPS) is 13.7. The van der Waals surface area contributed by atoms with Crippen LogP contribution in [0.1, 0.15) is 25.0 Å². The van der Waals surface area contributed by atoms with Crippen LogP contribution in [0, 0.1) is 0 Å². The maximum absolute atomic E-state index is 6.81. The van der Waals surface area contributed by atoms with Crippen LogP contribution in [-0.4, -0.2) is 0 Å². The van der Waals surface area contributed by atoms with Crippen LogP contribution in [0.2, 0.25) is 5.02 Å². The average molecular weight is 431 g/mol. The molecule has 0 aliphatic heterocycles. The molecule has 5 aromatic rings. The molecule has 0 nitrogen and oxygen atoms in total. The van der Waals surface area contributed by atoms with Crippen molar-refractivity contribution >= 4 is 22.4 Å². The maximum atomic E-state index is 6.81. The van der Waals surface area contributed by atoms with Gasteiger partial charge in [-0.2, -0.15) is 0 Å². The first-order chi connectivity index (χ1) is 15.5. The average Bonchev–Trinajstić information content (AvgIpc) is 3.05. The molecule has 0 heterocycles. The molecular formula is C31H23Cl. The zero-order chi connectivity index (χ0) is 21.9. The third-order valence-electron chi connectivity index (χ3n) is 6.93. The standard InChI is InChI=1S/C31H23Cl/c1-31(2)27-14-8-13-24(25-17-23(15-16-29(25)32)20-9-4-3-5-10-20)30(27)26-18-21-11-6-7-12-22(21)19-28(26)31/h3-19H,1-2H3. The zero-order valence-corrected chi connectivity index (χ0v) is 18.9. The molecule has 154 valence electrons. The van der Waals surface area contributed by atoms with Crippen LogP contribution in [0.5, 0.6) is 0 Å². The first-order valence-electron chi connectivity index (χ1n) is 11.1. The molecule has 0 N–H and O–H groups in total. The molecular weight excluding hydrogens is 408 g/mol. The molecule has 1 aliphatic carbocycles. The van der Waals surface area contributed by atoms with E-state index in [-0.39, 0.29) is 5.41 Å². The van der Waals surface area contributed by atoms with Crippen molar-refractivity contribution in [1.29, 1.82) is 0 Å². The summed E-state index contributed by atoms with van der Waals surface area (Å²) in [5, 5.41) is 3.34. The smallest absolute Gasteiger partial charge is 0.0485 e. The fourth-order valence-corrected chi connectivity index (χ4v) is 5.46. The minimum atomic E-state index is -0.0613. The minimum Gasteiger partial charge on any atom is -0.0837 e. The van der Waals surface area contributed by atoms with E-state index in [1.807, 2.05) is 12.1 Å². The molecule has 0 radical (unpaired) electrons. The van der Waals surface area contributed by atoms with Crippen molar-refractivity contribution in [2.45, 2.75) is 19.3 Å². The van der Waals surface area contributed by atoms with E-state index in [1.165, 1.54) is 49.7 Å². The fourth-order valence-electron chi connectivity index (χ4n) is 5.24. The Hall–Kier alpha value is -3.35. The topological polar surface area (TPSA) is 0 Å². The molecule has 6 rings (SSSR count). The van der Waals surface area contributed by atoms with Gasteiger partial charge in [-0.25, -0.2) is 0 Å². The molecule has 0 aromatic heterocycles. The molecule has 0 saturated carbocycles. The van der Waals surface area contributed by atoms with Gasteiger partial charge in [-0.05, 0) is 74.0 Å². The summed E-state index contributed by atoms with van der Waals surface area (Å²) in [6.07, 6.45) is 0. The Labute approximate surface area is 194 Å². The minimum absolute atomic E-state index is 0.0613. The van der Waals surface area contributed by atoms with Crippen molar-refractivity contribution in [3.05, 3.63) is 119 Å². The van der Waals surface area contributed by atoms with E-state index in [9.17, 15) is 0 Å². The quantitative estimate of drug-likeness (QED) is 0.262. The third-order valence-corrected chi connectivity index (χ3v) is 7.26. The summed E-state index contributed by atoms with van der Waals surface area (Å²) >= 11 is 6.81. The van der Waals surface area contributed by atoms with Gasteiger partial charge in [0.25, 0.3) is 0 Å². The second-order valence-electron chi connectivity index (χ2n) is 9.16. The highest BCUT2D eigenvalue weighted by Gasteiger charge is 2.37. The van der Waals surface area contributed by atoms with Crippen LogP contribution in [0.4, 0.5) is 0 Å². The Bertz CT molecular complexity index is 1490. The molecule has 1 aliphatic rings. The summed E-state index contributed by atoms with van der Waals surface area (Å²) < 4.78 is 0. The number of halogens is 1. The lowest BCUT2D eigenvalue weighted by molar-refractivity contribution is 0.661. The lowest BCUT2D eigenvalue weighted by Gasteiger charge is -2.22. The number of fused-ring (bicyclic) bond motifs is 4. The number of hydrogen-bond donors (Lipinski definition) is 0. The largest absolute Gasteiger partial charge is 0.0837 e. The summed E-state index contributed by atoms with van der Waals surface area (Å²) in [4.78, 5) is 0. The monoisotopic (exact) mass is 430 g/mol. The zero-order valence-electron chi connectivity index (χ0n) is 18.2.